The van der Waals surface area contributed by atoms with E-state index in [2.05, 4.69) is 10.2 Å². The number of nitrogens with zero attached hydrogens (tertiary/aromatic N) is 1. The maximum atomic E-state index is 11.9. The summed E-state index contributed by atoms with van der Waals surface area (Å²) in [6.45, 7) is 0. The molecule has 1 heterocycles. The molecule has 0 aliphatic rings. The van der Waals surface area contributed by atoms with Crippen molar-refractivity contribution in [2.75, 3.05) is 11.5 Å². The number of aromatic nitrogens is 2. The van der Waals surface area contributed by atoms with Crippen molar-refractivity contribution < 1.29 is 4.79 Å². The van der Waals surface area contributed by atoms with Gasteiger partial charge in [0.05, 0.1) is 5.69 Å². The van der Waals surface area contributed by atoms with Crippen LogP contribution in [0.4, 0.5) is 11.4 Å². The van der Waals surface area contributed by atoms with Crippen LogP contribution in [0.25, 0.3) is 11.3 Å². The second-order valence-corrected chi connectivity index (χ2v) is 6.30. The number of anilines is 2. The Morgan fingerprint density at radius 1 is 0.786 bits per heavy atom. The fourth-order valence-corrected chi connectivity index (χ4v) is 2.63. The third-order valence-corrected chi connectivity index (χ3v) is 4.16. The van der Waals surface area contributed by atoms with Crippen molar-refractivity contribution in [3.63, 3.8) is 0 Å². The van der Waals surface area contributed by atoms with Crippen molar-refractivity contribution in [1.29, 1.82) is 0 Å². The van der Waals surface area contributed by atoms with Gasteiger partial charge in [-0.05, 0) is 53.6 Å². The highest BCUT2D eigenvalue weighted by atomic mass is 16.1. The Kier molecular flexibility index (Phi) is 6.21. The van der Waals surface area contributed by atoms with Gasteiger partial charge in [-0.3, -0.25) is 9.89 Å². The van der Waals surface area contributed by atoms with Crippen LogP contribution in [0.2, 0.25) is 0 Å². The largest absolute Gasteiger partial charge is 0.399 e. The van der Waals surface area contributed by atoms with Crippen molar-refractivity contribution in [3.8, 4) is 11.3 Å². The summed E-state index contributed by atoms with van der Waals surface area (Å²) in [6, 6.07) is 26.3. The van der Waals surface area contributed by atoms with E-state index < -0.39 is 0 Å². The minimum atomic E-state index is 0.117. The van der Waals surface area contributed by atoms with Gasteiger partial charge in [-0.2, -0.15) is 5.10 Å². The molecule has 0 saturated heterocycles. The number of nitrogens with two attached hydrogens (primary N) is 2. The zero-order chi connectivity index (χ0) is 19.8. The standard InChI is InChI=1S/C14H13NO.C9H9N3/c15-13-8-6-12(7-9-13)14(16)10-11-4-2-1-3-5-11;10-8-3-1-7(2-4-8)9-5-6-11-12-9/h1-9H,10,15H2;1-6H,10H2,(H,11,12). The molecular formula is C23H22N4O. The number of carbonyl (C=O) groups is 1. The summed E-state index contributed by atoms with van der Waals surface area (Å²) in [4.78, 5) is 11.9. The summed E-state index contributed by atoms with van der Waals surface area (Å²) in [5.74, 6) is 0.117. The number of rotatable bonds is 4. The van der Waals surface area contributed by atoms with Crippen LogP contribution in [0.15, 0.2) is 91.1 Å². The second kappa shape index (κ2) is 9.19. The van der Waals surface area contributed by atoms with Crippen molar-refractivity contribution in [3.05, 3.63) is 102 Å². The third-order valence-electron chi connectivity index (χ3n) is 4.16. The minimum absolute atomic E-state index is 0.117. The number of aromatic amines is 1. The molecule has 140 valence electrons. The zero-order valence-corrected chi connectivity index (χ0v) is 15.4. The highest BCUT2D eigenvalue weighted by molar-refractivity contribution is 5.97. The summed E-state index contributed by atoms with van der Waals surface area (Å²) < 4.78 is 0. The molecule has 0 unspecified atom stereocenters. The minimum Gasteiger partial charge on any atom is -0.399 e. The van der Waals surface area contributed by atoms with Gasteiger partial charge in [0.15, 0.2) is 5.78 Å². The lowest BCUT2D eigenvalue weighted by atomic mass is 10.0. The third kappa shape index (κ3) is 5.32. The van der Waals surface area contributed by atoms with Crippen molar-refractivity contribution in [1.82, 2.24) is 10.2 Å². The van der Waals surface area contributed by atoms with Crippen LogP contribution in [0.3, 0.4) is 0 Å². The van der Waals surface area contributed by atoms with E-state index in [9.17, 15) is 4.79 Å². The lowest BCUT2D eigenvalue weighted by molar-refractivity contribution is 0.0993. The molecule has 4 aromatic rings. The number of nitrogens with one attached hydrogen (secondary N) is 1. The summed E-state index contributed by atoms with van der Waals surface area (Å²) in [5.41, 5.74) is 16.4. The van der Waals surface area contributed by atoms with E-state index in [1.165, 1.54) is 0 Å². The van der Waals surface area contributed by atoms with E-state index in [4.69, 9.17) is 11.5 Å². The lowest BCUT2D eigenvalue weighted by Gasteiger charge is -2.01. The van der Waals surface area contributed by atoms with Gasteiger partial charge in [-0.1, -0.05) is 42.5 Å². The van der Waals surface area contributed by atoms with E-state index >= 15 is 0 Å². The number of nitrogen functional groups attached to an aromatic ring is 2. The Bertz CT molecular complexity index is 993. The van der Waals surface area contributed by atoms with Crippen molar-refractivity contribution in [2.24, 2.45) is 0 Å². The fraction of sp³-hybridized carbons (Fsp3) is 0.0435. The van der Waals surface area contributed by atoms with Crippen LogP contribution < -0.4 is 11.5 Å². The first-order valence-corrected chi connectivity index (χ1v) is 8.90. The van der Waals surface area contributed by atoms with E-state index in [0.717, 1.165) is 22.5 Å². The Labute approximate surface area is 164 Å². The maximum absolute atomic E-state index is 11.9. The molecule has 5 N–H and O–H groups in total. The average Bonchev–Trinajstić information content (AvgIpc) is 3.25. The predicted octanol–water partition coefficient (Wildman–Crippen LogP) is 4.35. The van der Waals surface area contributed by atoms with Crippen molar-refractivity contribution in [2.45, 2.75) is 6.42 Å². The molecule has 0 atom stereocenters. The monoisotopic (exact) mass is 370 g/mol. The van der Waals surface area contributed by atoms with Gasteiger partial charge >= 0.3 is 0 Å². The second-order valence-electron chi connectivity index (χ2n) is 6.30. The quantitative estimate of drug-likeness (QED) is 0.367. The highest BCUT2D eigenvalue weighted by Gasteiger charge is 2.06. The van der Waals surface area contributed by atoms with Gasteiger partial charge in [0.1, 0.15) is 0 Å². The maximum Gasteiger partial charge on any atom is 0.167 e. The van der Waals surface area contributed by atoms with Gasteiger partial charge in [0.2, 0.25) is 0 Å². The Morgan fingerprint density at radius 3 is 1.96 bits per heavy atom. The number of Topliss-reactive ketones (excluding diaryl/α,β-unsaturated/α-hetero) is 1. The molecule has 28 heavy (non-hydrogen) atoms. The molecule has 4 rings (SSSR count). The first kappa shape index (κ1) is 18.9. The number of benzene rings is 3. The molecule has 0 bridgehead atoms. The van der Waals surface area contributed by atoms with Gasteiger partial charge in [0, 0.05) is 29.6 Å². The molecule has 0 radical (unpaired) electrons. The lowest BCUT2D eigenvalue weighted by Crippen LogP contribution is -2.03. The molecule has 3 aromatic carbocycles. The van der Waals surface area contributed by atoms with Gasteiger partial charge in [-0.25, -0.2) is 0 Å². The molecule has 0 aliphatic carbocycles. The first-order chi connectivity index (χ1) is 13.6. The van der Waals surface area contributed by atoms with E-state index in [-0.39, 0.29) is 5.78 Å². The molecule has 1 aromatic heterocycles. The van der Waals surface area contributed by atoms with Crippen molar-refractivity contribution >= 4 is 17.2 Å². The first-order valence-electron chi connectivity index (χ1n) is 8.90. The number of hydrogen-bond donors (Lipinski definition) is 3. The fourth-order valence-electron chi connectivity index (χ4n) is 2.63. The molecule has 0 spiro atoms. The van der Waals surface area contributed by atoms with Crippen LogP contribution in [0.1, 0.15) is 15.9 Å². The Morgan fingerprint density at radius 2 is 1.39 bits per heavy atom. The van der Waals surface area contributed by atoms with E-state index in [0.29, 0.717) is 17.7 Å². The zero-order valence-electron chi connectivity index (χ0n) is 15.4. The van der Waals surface area contributed by atoms with Crippen LogP contribution >= 0.6 is 0 Å². The average molecular weight is 370 g/mol. The highest BCUT2D eigenvalue weighted by Crippen LogP contribution is 2.16. The molecule has 5 heteroatoms. The molecule has 0 amide bonds. The molecule has 5 nitrogen and oxygen atoms in total. The molecule has 0 fully saturated rings. The van der Waals surface area contributed by atoms with E-state index in [1.807, 2.05) is 60.7 Å². The number of hydrogen-bond acceptors (Lipinski definition) is 4. The van der Waals surface area contributed by atoms with Crippen LogP contribution in [0.5, 0.6) is 0 Å². The van der Waals surface area contributed by atoms with Gasteiger partial charge < -0.3 is 11.5 Å². The number of ketones is 1. The summed E-state index contributed by atoms with van der Waals surface area (Å²) in [6.07, 6.45) is 2.16. The Balaban J connectivity index is 0.000000167. The smallest absolute Gasteiger partial charge is 0.167 e. The number of H-pyrrole nitrogens is 1. The van der Waals surface area contributed by atoms with Crippen LogP contribution in [-0.2, 0) is 6.42 Å². The van der Waals surface area contributed by atoms with Crippen LogP contribution in [0, 0.1) is 0 Å². The normalized spacial score (nSPS) is 10.0. The van der Waals surface area contributed by atoms with Gasteiger partial charge in [-0.15, -0.1) is 0 Å². The topological polar surface area (TPSA) is 97.8 Å². The molecular weight excluding hydrogens is 348 g/mol. The summed E-state index contributed by atoms with van der Waals surface area (Å²) in [7, 11) is 0. The van der Waals surface area contributed by atoms with E-state index in [1.54, 1.807) is 30.5 Å². The molecule has 0 aliphatic heterocycles. The van der Waals surface area contributed by atoms with Crippen LogP contribution in [-0.4, -0.2) is 16.0 Å². The summed E-state index contributed by atoms with van der Waals surface area (Å²) >= 11 is 0. The molecule has 0 saturated carbocycles. The predicted molar refractivity (Wildman–Crippen MR) is 114 cm³/mol. The Hall–Kier alpha value is -3.86. The van der Waals surface area contributed by atoms with Gasteiger partial charge in [0.25, 0.3) is 0 Å². The number of carbonyl (C=O) groups excluding carboxylic acids is 1. The summed E-state index contributed by atoms with van der Waals surface area (Å²) in [5, 5.41) is 6.75. The SMILES string of the molecule is Nc1ccc(-c2ccn[nH]2)cc1.Nc1ccc(C(=O)Cc2ccccc2)cc1.